The zero-order chi connectivity index (χ0) is 50.6. The Balaban J connectivity index is 3.44. The van der Waals surface area contributed by atoms with E-state index in [2.05, 4.69) is 79.9 Å². The van der Waals surface area contributed by atoms with E-state index in [9.17, 15) is 15.0 Å². The molecule has 0 aliphatic rings. The van der Waals surface area contributed by atoms with Gasteiger partial charge in [-0.25, -0.2) is 0 Å². The fourth-order valence-electron chi connectivity index (χ4n) is 9.80. The van der Waals surface area contributed by atoms with E-state index >= 15 is 0 Å². The number of hydrogen-bond acceptors (Lipinski definition) is 3. The van der Waals surface area contributed by atoms with Gasteiger partial charge in [-0.05, 0) is 57.8 Å². The van der Waals surface area contributed by atoms with Crippen LogP contribution < -0.4 is 5.32 Å². The molecule has 4 nitrogen and oxygen atoms in total. The lowest BCUT2D eigenvalue weighted by Gasteiger charge is -2.22. The normalized spacial score (nSPS) is 13.1. The van der Waals surface area contributed by atoms with Crippen molar-refractivity contribution in [2.24, 2.45) is 0 Å². The minimum absolute atomic E-state index is 0.0321. The summed E-state index contributed by atoms with van der Waals surface area (Å²) < 4.78 is 0. The molecule has 410 valence electrons. The number of allylic oxidation sites excluding steroid dienone is 10. The molecule has 2 unspecified atom stereocenters. The summed E-state index contributed by atoms with van der Waals surface area (Å²) in [7, 11) is 0. The van der Waals surface area contributed by atoms with E-state index in [1.54, 1.807) is 0 Å². The fourth-order valence-corrected chi connectivity index (χ4v) is 9.80. The van der Waals surface area contributed by atoms with Crippen LogP contribution in [0.4, 0.5) is 0 Å². The van der Waals surface area contributed by atoms with E-state index in [0.717, 1.165) is 57.8 Å². The van der Waals surface area contributed by atoms with Crippen molar-refractivity contribution < 1.29 is 15.0 Å². The van der Waals surface area contributed by atoms with Crippen molar-refractivity contribution in [2.45, 2.75) is 347 Å². The molecule has 0 bridgehead atoms. The lowest BCUT2D eigenvalue weighted by atomic mass is 10.0. The summed E-state index contributed by atoms with van der Waals surface area (Å²) in [5.41, 5.74) is 0. The Hall–Kier alpha value is -1.91. The zero-order valence-corrected chi connectivity index (χ0v) is 47.3. The maximum Gasteiger partial charge on any atom is 0.220 e. The highest BCUT2D eigenvalue weighted by molar-refractivity contribution is 5.76. The standard InChI is InChI=1S/C66H123NO3/c1-3-5-7-9-11-13-15-17-19-21-23-25-27-29-31-32-33-34-36-37-39-41-43-45-47-49-51-53-55-57-59-61-65(69)64(63-68)67-66(70)62-60-58-56-54-52-50-48-46-44-42-40-38-35-30-28-26-24-22-20-18-16-14-12-10-8-6-4-2/h6,8,12,14,18,20,24,26,30,35,64-65,68-69H,3-5,7,9-11,13,15-17,19,21-23,25,27-29,31-34,36-63H2,1-2H3,(H,67,70)/b8-6-,14-12-,20-18-,26-24-,35-30-. The number of aliphatic hydroxyl groups excluding tert-OH is 2. The second kappa shape index (κ2) is 61.4. The number of nitrogens with one attached hydrogen (secondary N) is 1. The Morgan fingerprint density at radius 1 is 0.357 bits per heavy atom. The van der Waals surface area contributed by atoms with Gasteiger partial charge in [0.05, 0.1) is 18.8 Å². The number of carbonyl (C=O) groups is 1. The fraction of sp³-hybridized carbons (Fsp3) is 0.833. The van der Waals surface area contributed by atoms with Crippen molar-refractivity contribution in [1.82, 2.24) is 5.32 Å². The van der Waals surface area contributed by atoms with Gasteiger partial charge in [0.1, 0.15) is 0 Å². The monoisotopic (exact) mass is 978 g/mol. The van der Waals surface area contributed by atoms with Crippen molar-refractivity contribution in [3.8, 4) is 0 Å². The van der Waals surface area contributed by atoms with Crippen molar-refractivity contribution in [3.05, 3.63) is 60.8 Å². The Morgan fingerprint density at radius 3 is 0.943 bits per heavy atom. The summed E-state index contributed by atoms with van der Waals surface area (Å²) in [5.74, 6) is -0.0321. The molecule has 0 saturated heterocycles. The zero-order valence-electron chi connectivity index (χ0n) is 47.3. The first-order chi connectivity index (χ1) is 34.7. The van der Waals surface area contributed by atoms with Gasteiger partial charge in [-0.1, -0.05) is 331 Å². The Morgan fingerprint density at radius 2 is 0.629 bits per heavy atom. The van der Waals surface area contributed by atoms with E-state index in [0.29, 0.717) is 12.8 Å². The van der Waals surface area contributed by atoms with Crippen LogP contribution in [0.2, 0.25) is 0 Å². The first kappa shape index (κ1) is 68.1. The van der Waals surface area contributed by atoms with Crippen LogP contribution in [0.25, 0.3) is 0 Å². The molecule has 2 atom stereocenters. The van der Waals surface area contributed by atoms with Gasteiger partial charge in [-0.3, -0.25) is 4.79 Å². The van der Waals surface area contributed by atoms with Crippen LogP contribution >= 0.6 is 0 Å². The van der Waals surface area contributed by atoms with Gasteiger partial charge in [0.15, 0.2) is 0 Å². The quantitative estimate of drug-likeness (QED) is 0.0420. The van der Waals surface area contributed by atoms with Gasteiger partial charge >= 0.3 is 0 Å². The van der Waals surface area contributed by atoms with E-state index in [-0.39, 0.29) is 12.5 Å². The molecule has 70 heavy (non-hydrogen) atoms. The first-order valence-corrected chi connectivity index (χ1v) is 31.5. The molecular formula is C66H123NO3. The predicted octanol–water partition coefficient (Wildman–Crippen LogP) is 21.2. The van der Waals surface area contributed by atoms with Crippen molar-refractivity contribution >= 4 is 5.91 Å². The third-order valence-electron chi connectivity index (χ3n) is 14.5. The van der Waals surface area contributed by atoms with E-state index in [1.165, 1.54) is 250 Å². The lowest BCUT2D eigenvalue weighted by molar-refractivity contribution is -0.123. The van der Waals surface area contributed by atoms with Crippen LogP contribution in [-0.2, 0) is 4.79 Å². The van der Waals surface area contributed by atoms with Crippen molar-refractivity contribution in [3.63, 3.8) is 0 Å². The molecule has 0 aliphatic carbocycles. The van der Waals surface area contributed by atoms with Gasteiger partial charge < -0.3 is 15.5 Å². The average Bonchev–Trinajstić information content (AvgIpc) is 3.36. The summed E-state index contributed by atoms with van der Waals surface area (Å²) >= 11 is 0. The summed E-state index contributed by atoms with van der Waals surface area (Å²) in [6.45, 7) is 4.28. The number of hydrogen-bond donors (Lipinski definition) is 3. The van der Waals surface area contributed by atoms with Crippen molar-refractivity contribution in [2.75, 3.05) is 6.61 Å². The largest absolute Gasteiger partial charge is 0.394 e. The van der Waals surface area contributed by atoms with Gasteiger partial charge in [-0.2, -0.15) is 0 Å². The maximum atomic E-state index is 12.5. The van der Waals surface area contributed by atoms with Gasteiger partial charge in [0.25, 0.3) is 0 Å². The molecule has 0 radical (unpaired) electrons. The minimum Gasteiger partial charge on any atom is -0.394 e. The summed E-state index contributed by atoms with van der Waals surface area (Å²) in [6.07, 6.45) is 86.7. The molecule has 1 amide bonds. The molecule has 0 rings (SSSR count). The summed E-state index contributed by atoms with van der Waals surface area (Å²) in [6, 6.07) is -0.542. The number of carbonyl (C=O) groups excluding carboxylic acids is 1. The third kappa shape index (κ3) is 57.0. The summed E-state index contributed by atoms with van der Waals surface area (Å²) in [5, 5.41) is 23.4. The highest BCUT2D eigenvalue weighted by Gasteiger charge is 2.20. The molecule has 0 aromatic heterocycles. The van der Waals surface area contributed by atoms with Crippen LogP contribution in [0.5, 0.6) is 0 Å². The minimum atomic E-state index is -0.665. The number of aliphatic hydroxyl groups is 2. The Bertz CT molecular complexity index is 1150. The smallest absolute Gasteiger partial charge is 0.220 e. The summed E-state index contributed by atoms with van der Waals surface area (Å²) in [4.78, 5) is 12.5. The van der Waals surface area contributed by atoms with E-state index in [1.807, 2.05) is 0 Å². The maximum absolute atomic E-state index is 12.5. The molecular weight excluding hydrogens is 855 g/mol. The van der Waals surface area contributed by atoms with Crippen LogP contribution in [0.3, 0.4) is 0 Å². The topological polar surface area (TPSA) is 69.6 Å². The predicted molar refractivity (Wildman–Crippen MR) is 313 cm³/mol. The average molecular weight is 979 g/mol. The first-order valence-electron chi connectivity index (χ1n) is 31.5. The van der Waals surface area contributed by atoms with Gasteiger partial charge in [-0.15, -0.1) is 0 Å². The SMILES string of the molecule is CC/C=C\C/C=C\C/C=C\C/C=C\C/C=C\CCCCCCCCCCCCCC(=O)NC(CO)C(O)CCCCCCCCCCCCCCCCCCCCCCCCCCCCCCCCC. The molecule has 0 spiro atoms. The third-order valence-corrected chi connectivity index (χ3v) is 14.5. The van der Waals surface area contributed by atoms with Gasteiger partial charge in [0, 0.05) is 6.42 Å². The van der Waals surface area contributed by atoms with Crippen LogP contribution in [0.1, 0.15) is 335 Å². The molecule has 0 aromatic rings. The molecule has 0 saturated carbocycles. The highest BCUT2D eigenvalue weighted by atomic mass is 16.3. The second-order valence-electron chi connectivity index (χ2n) is 21.5. The Kier molecular flexibility index (Phi) is 59.7. The van der Waals surface area contributed by atoms with Crippen LogP contribution in [0.15, 0.2) is 60.8 Å². The van der Waals surface area contributed by atoms with E-state index in [4.69, 9.17) is 0 Å². The lowest BCUT2D eigenvalue weighted by Crippen LogP contribution is -2.45. The molecule has 0 fully saturated rings. The molecule has 0 heterocycles. The van der Waals surface area contributed by atoms with Crippen molar-refractivity contribution in [1.29, 1.82) is 0 Å². The number of unbranched alkanes of at least 4 members (excludes halogenated alkanes) is 41. The number of rotatable bonds is 58. The molecule has 4 heteroatoms. The second-order valence-corrected chi connectivity index (χ2v) is 21.5. The molecule has 0 aromatic carbocycles. The Labute approximate surface area is 438 Å². The highest BCUT2D eigenvalue weighted by Crippen LogP contribution is 2.18. The van der Waals surface area contributed by atoms with E-state index < -0.39 is 12.1 Å². The van der Waals surface area contributed by atoms with Crippen LogP contribution in [0, 0.1) is 0 Å². The molecule has 3 N–H and O–H groups in total. The van der Waals surface area contributed by atoms with Crippen LogP contribution in [-0.4, -0.2) is 34.9 Å². The molecule has 0 aliphatic heterocycles. The van der Waals surface area contributed by atoms with Gasteiger partial charge in [0.2, 0.25) is 5.91 Å². The number of amides is 1.